The van der Waals surface area contributed by atoms with Crippen LogP contribution in [0.1, 0.15) is 12.8 Å². The number of aliphatic carboxylic acids is 1. The second-order valence-electron chi connectivity index (χ2n) is 3.63. The average Bonchev–Trinajstić information content (AvgIpc) is 2.27. The highest BCUT2D eigenvalue weighted by Gasteiger charge is 2.35. The van der Waals surface area contributed by atoms with Gasteiger partial charge < -0.3 is 15.6 Å². The van der Waals surface area contributed by atoms with Gasteiger partial charge in [-0.05, 0) is 6.42 Å². The number of likely N-dealkylation sites (tertiary alicyclic amines) is 1. The number of hydrogen-bond donors (Lipinski definition) is 3. The monoisotopic (exact) mass is 243 g/mol. The first-order valence-corrected chi connectivity index (χ1v) is 4.98. The molecular formula is C9H13N3O5. The van der Waals surface area contributed by atoms with Crippen molar-refractivity contribution >= 4 is 24.1 Å². The van der Waals surface area contributed by atoms with E-state index in [4.69, 9.17) is 10.8 Å². The number of aldehydes is 1. The normalized spacial score (nSPS) is 22.4. The number of nitrogens with one attached hydrogen (secondary N) is 1. The Morgan fingerprint density at radius 1 is 1.65 bits per heavy atom. The Labute approximate surface area is 96.7 Å². The van der Waals surface area contributed by atoms with Crippen LogP contribution in [0.2, 0.25) is 0 Å². The van der Waals surface area contributed by atoms with Crippen LogP contribution in [0.3, 0.4) is 0 Å². The lowest BCUT2D eigenvalue weighted by atomic mass is 10.0. The Morgan fingerprint density at radius 2 is 2.29 bits per heavy atom. The molecule has 1 fully saturated rings. The van der Waals surface area contributed by atoms with E-state index in [1.807, 2.05) is 0 Å². The second kappa shape index (κ2) is 5.51. The molecule has 2 atom stereocenters. The van der Waals surface area contributed by atoms with E-state index in [1.165, 1.54) is 0 Å². The number of nitrogens with zero attached hydrogens (tertiary/aromatic N) is 1. The van der Waals surface area contributed by atoms with Crippen LogP contribution in [0.25, 0.3) is 0 Å². The molecule has 0 spiro atoms. The van der Waals surface area contributed by atoms with E-state index in [0.717, 1.165) is 0 Å². The van der Waals surface area contributed by atoms with Gasteiger partial charge in [-0.15, -0.1) is 0 Å². The Morgan fingerprint density at radius 3 is 2.82 bits per heavy atom. The van der Waals surface area contributed by atoms with Gasteiger partial charge in [0.1, 0.15) is 12.7 Å². The molecule has 1 aliphatic rings. The maximum absolute atomic E-state index is 11.7. The maximum atomic E-state index is 11.7. The van der Waals surface area contributed by atoms with Crippen molar-refractivity contribution < 1.29 is 24.3 Å². The number of rotatable bonds is 5. The molecule has 1 aliphatic heterocycles. The quantitative estimate of drug-likeness (QED) is 0.280. The number of amides is 2. The standard InChI is InChI=1S/C9H13N3O5/c10-6(4-13)11-5-1-2-7(14)12(9(5)17)3-8(15)16/h4-6,11H,1-3,10H2,(H,15,16)/t5-,6-/m0/s1. The Bertz CT molecular complexity index is 357. The Kier molecular flexibility index (Phi) is 4.30. The van der Waals surface area contributed by atoms with Gasteiger partial charge in [-0.3, -0.25) is 24.6 Å². The highest BCUT2D eigenvalue weighted by atomic mass is 16.4. The summed E-state index contributed by atoms with van der Waals surface area (Å²) in [6, 6.07) is -0.799. The molecule has 1 saturated heterocycles. The summed E-state index contributed by atoms with van der Waals surface area (Å²) in [7, 11) is 0. The van der Waals surface area contributed by atoms with E-state index in [1.54, 1.807) is 0 Å². The van der Waals surface area contributed by atoms with E-state index in [9.17, 15) is 19.2 Å². The van der Waals surface area contributed by atoms with Crippen molar-refractivity contribution in [2.75, 3.05) is 6.54 Å². The average molecular weight is 243 g/mol. The molecule has 0 aliphatic carbocycles. The van der Waals surface area contributed by atoms with Crippen molar-refractivity contribution in [2.45, 2.75) is 25.0 Å². The molecule has 94 valence electrons. The third-order valence-corrected chi connectivity index (χ3v) is 2.35. The number of carboxylic acids is 1. The van der Waals surface area contributed by atoms with Gasteiger partial charge >= 0.3 is 5.97 Å². The van der Waals surface area contributed by atoms with Crippen LogP contribution in [-0.2, 0) is 19.2 Å². The van der Waals surface area contributed by atoms with Crippen LogP contribution in [-0.4, -0.2) is 52.8 Å². The van der Waals surface area contributed by atoms with E-state index in [2.05, 4.69) is 5.32 Å². The van der Waals surface area contributed by atoms with E-state index in [-0.39, 0.29) is 12.8 Å². The topological polar surface area (TPSA) is 130 Å². The zero-order valence-electron chi connectivity index (χ0n) is 8.96. The summed E-state index contributed by atoms with van der Waals surface area (Å²) in [5.41, 5.74) is 5.30. The van der Waals surface area contributed by atoms with Crippen molar-refractivity contribution in [1.29, 1.82) is 0 Å². The minimum absolute atomic E-state index is 0.0439. The summed E-state index contributed by atoms with van der Waals surface area (Å²) in [6.07, 6.45) is -0.341. The molecule has 1 rings (SSSR count). The van der Waals surface area contributed by atoms with Gasteiger partial charge in [-0.25, -0.2) is 0 Å². The van der Waals surface area contributed by atoms with Gasteiger partial charge in [0.2, 0.25) is 11.8 Å². The number of piperidine rings is 1. The number of nitrogens with two attached hydrogens (primary N) is 1. The third-order valence-electron chi connectivity index (χ3n) is 2.35. The minimum atomic E-state index is -1.27. The van der Waals surface area contributed by atoms with Gasteiger partial charge in [0.15, 0.2) is 6.29 Å². The van der Waals surface area contributed by atoms with Gasteiger partial charge in [0, 0.05) is 6.42 Å². The molecule has 0 aromatic carbocycles. The molecule has 8 heteroatoms. The summed E-state index contributed by atoms with van der Waals surface area (Å²) >= 11 is 0. The summed E-state index contributed by atoms with van der Waals surface area (Å²) in [6.45, 7) is -0.674. The van der Waals surface area contributed by atoms with Gasteiger partial charge in [0.05, 0.1) is 6.04 Å². The maximum Gasteiger partial charge on any atom is 0.323 e. The zero-order valence-corrected chi connectivity index (χ0v) is 8.96. The lowest BCUT2D eigenvalue weighted by Gasteiger charge is -2.30. The first-order chi connectivity index (χ1) is 7.95. The summed E-state index contributed by atoms with van der Waals surface area (Å²) < 4.78 is 0. The van der Waals surface area contributed by atoms with Crippen molar-refractivity contribution in [2.24, 2.45) is 5.73 Å². The van der Waals surface area contributed by atoms with Crippen molar-refractivity contribution in [1.82, 2.24) is 10.2 Å². The second-order valence-corrected chi connectivity index (χ2v) is 3.63. The molecule has 1 heterocycles. The molecule has 0 bridgehead atoms. The lowest BCUT2D eigenvalue weighted by molar-refractivity contribution is -0.156. The molecule has 8 nitrogen and oxygen atoms in total. The fraction of sp³-hybridized carbons (Fsp3) is 0.556. The molecule has 0 radical (unpaired) electrons. The largest absolute Gasteiger partial charge is 0.480 e. The molecule has 4 N–H and O–H groups in total. The number of carboxylic acid groups (broad SMARTS) is 1. The lowest BCUT2D eigenvalue weighted by Crippen LogP contribution is -2.58. The van der Waals surface area contributed by atoms with Gasteiger partial charge in [-0.1, -0.05) is 0 Å². The predicted octanol–water partition coefficient (Wildman–Crippen LogP) is -2.34. The van der Waals surface area contributed by atoms with Gasteiger partial charge in [-0.2, -0.15) is 0 Å². The van der Waals surface area contributed by atoms with Gasteiger partial charge in [0.25, 0.3) is 0 Å². The number of imide groups is 1. The van der Waals surface area contributed by atoms with E-state index >= 15 is 0 Å². The number of carbonyl (C=O) groups excluding carboxylic acids is 3. The number of hydrogen-bond acceptors (Lipinski definition) is 6. The van der Waals surface area contributed by atoms with E-state index < -0.39 is 36.5 Å². The smallest absolute Gasteiger partial charge is 0.323 e. The molecular weight excluding hydrogens is 230 g/mol. The molecule has 0 unspecified atom stereocenters. The SMILES string of the molecule is N[C@H](C=O)N[C@H]1CCC(=O)N(CC(=O)O)C1=O. The predicted molar refractivity (Wildman–Crippen MR) is 54.6 cm³/mol. The number of carbonyl (C=O) groups is 4. The molecule has 0 aromatic rings. The molecule has 2 amide bonds. The summed E-state index contributed by atoms with van der Waals surface area (Å²) in [5.74, 6) is -2.47. The summed E-state index contributed by atoms with van der Waals surface area (Å²) in [4.78, 5) is 44.6. The highest BCUT2D eigenvalue weighted by molar-refractivity contribution is 6.02. The molecule has 17 heavy (non-hydrogen) atoms. The van der Waals surface area contributed by atoms with Crippen LogP contribution in [0.5, 0.6) is 0 Å². The Balaban J connectivity index is 2.71. The van der Waals surface area contributed by atoms with Crippen molar-refractivity contribution in [3.05, 3.63) is 0 Å². The summed E-state index contributed by atoms with van der Waals surface area (Å²) in [5, 5.41) is 11.1. The van der Waals surface area contributed by atoms with Crippen molar-refractivity contribution in [3.63, 3.8) is 0 Å². The fourth-order valence-corrected chi connectivity index (χ4v) is 1.56. The first kappa shape index (κ1) is 13.3. The van der Waals surface area contributed by atoms with Crippen LogP contribution < -0.4 is 11.1 Å². The zero-order chi connectivity index (χ0) is 13.0. The molecule has 0 aromatic heterocycles. The van der Waals surface area contributed by atoms with Crippen LogP contribution in [0.15, 0.2) is 0 Å². The van der Waals surface area contributed by atoms with Crippen LogP contribution in [0, 0.1) is 0 Å². The highest BCUT2D eigenvalue weighted by Crippen LogP contribution is 2.13. The van der Waals surface area contributed by atoms with Crippen LogP contribution >= 0.6 is 0 Å². The Hall–Kier alpha value is -1.80. The minimum Gasteiger partial charge on any atom is -0.480 e. The first-order valence-electron chi connectivity index (χ1n) is 4.98. The van der Waals surface area contributed by atoms with Crippen molar-refractivity contribution in [3.8, 4) is 0 Å². The molecule has 0 saturated carbocycles. The van der Waals surface area contributed by atoms with Crippen LogP contribution in [0.4, 0.5) is 0 Å². The third kappa shape index (κ3) is 3.33. The van der Waals surface area contributed by atoms with E-state index in [0.29, 0.717) is 11.2 Å². The fourth-order valence-electron chi connectivity index (χ4n) is 1.56.